The first-order valence-electron chi connectivity index (χ1n) is 11.9. The molecule has 4 nitrogen and oxygen atoms in total. The molecule has 3 unspecified atom stereocenters. The minimum absolute atomic E-state index is 0.0250. The number of hydrogen-bond acceptors (Lipinski definition) is 4. The van der Waals surface area contributed by atoms with Gasteiger partial charge in [-0.15, -0.1) is 0 Å². The first-order chi connectivity index (χ1) is 14.9. The second kappa shape index (κ2) is 7.90. The number of ether oxygens (including phenoxy) is 1. The van der Waals surface area contributed by atoms with Crippen LogP contribution in [0.25, 0.3) is 0 Å². The number of allylic oxidation sites excluding steroid dienone is 3. The number of aliphatic hydroxyl groups is 1. The number of carbonyl (C=O) groups excluding carboxylic acids is 1. The molecule has 31 heavy (non-hydrogen) atoms. The number of benzene rings is 1. The summed E-state index contributed by atoms with van der Waals surface area (Å²) in [6.45, 7) is 6.96. The molecule has 5 rings (SSSR count). The predicted molar refractivity (Wildman–Crippen MR) is 121 cm³/mol. The molecule has 1 aromatic rings. The van der Waals surface area contributed by atoms with Crippen LogP contribution in [0.4, 0.5) is 0 Å². The molecular weight excluding hydrogens is 386 g/mol. The Bertz CT molecular complexity index is 896. The molecule has 4 heteroatoms. The molecule has 0 aromatic heterocycles. The summed E-state index contributed by atoms with van der Waals surface area (Å²) in [7, 11) is 0. The third-order valence-corrected chi connectivity index (χ3v) is 8.31. The minimum atomic E-state index is -0.644. The lowest BCUT2D eigenvalue weighted by molar-refractivity contribution is -0.145. The number of nitrogens with zero attached hydrogens (tertiary/aromatic N) is 1. The number of piperidine rings is 1. The molecule has 4 atom stereocenters. The number of esters is 1. The number of rotatable bonds is 4. The van der Waals surface area contributed by atoms with Crippen molar-refractivity contribution in [1.29, 1.82) is 0 Å². The molecule has 0 amide bonds. The van der Waals surface area contributed by atoms with Gasteiger partial charge in [-0.2, -0.15) is 0 Å². The summed E-state index contributed by atoms with van der Waals surface area (Å²) in [5, 5.41) is 11.1. The Labute approximate surface area is 186 Å². The molecule has 2 heterocycles. The molecule has 4 aliphatic rings. The zero-order valence-electron chi connectivity index (χ0n) is 18.8. The standard InChI is InChI=1S/C27H35NO3/c1-19-7-6-10-26(2)17-24-21(15-23(19)26)22(25(29)31-24)18-28-13-11-27(30,12-14-28)16-20-8-4-3-5-9-20/h3-5,7-9,15,21-22,24,30H,6,10-14,16-18H2,1-2H3/t21?,22?,24?,26-/m1/s1. The summed E-state index contributed by atoms with van der Waals surface area (Å²) in [5.74, 6) is 0.0695. The first kappa shape index (κ1) is 21.0. The highest BCUT2D eigenvalue weighted by molar-refractivity contribution is 5.76. The van der Waals surface area contributed by atoms with E-state index in [0.717, 1.165) is 51.7 Å². The Morgan fingerprint density at radius 3 is 2.65 bits per heavy atom. The Balaban J connectivity index is 1.25. The molecule has 166 valence electrons. The maximum Gasteiger partial charge on any atom is 0.311 e. The number of carbonyl (C=O) groups is 1. The quantitative estimate of drug-likeness (QED) is 0.737. The lowest BCUT2D eigenvalue weighted by atomic mass is 9.62. The van der Waals surface area contributed by atoms with Gasteiger partial charge in [0.05, 0.1) is 11.5 Å². The van der Waals surface area contributed by atoms with Crippen LogP contribution in [0, 0.1) is 17.3 Å². The van der Waals surface area contributed by atoms with Crippen molar-refractivity contribution in [2.75, 3.05) is 19.6 Å². The van der Waals surface area contributed by atoms with E-state index in [9.17, 15) is 9.90 Å². The molecule has 2 fully saturated rings. The van der Waals surface area contributed by atoms with Crippen LogP contribution < -0.4 is 0 Å². The lowest BCUT2D eigenvalue weighted by Crippen LogP contribution is -2.48. The van der Waals surface area contributed by atoms with Crippen molar-refractivity contribution in [3.05, 3.63) is 59.2 Å². The van der Waals surface area contributed by atoms with Gasteiger partial charge in [-0.25, -0.2) is 0 Å². The SMILES string of the molecule is CC1=CCC[C@]2(C)CC3OC(=O)C(CN4CCC(O)(Cc5ccccc5)CC4)C3C=C12. The maximum atomic E-state index is 12.8. The second-order valence-electron chi connectivity index (χ2n) is 10.6. The molecule has 0 spiro atoms. The van der Waals surface area contributed by atoms with Crippen LogP contribution in [0.5, 0.6) is 0 Å². The molecule has 0 radical (unpaired) electrons. The molecule has 2 saturated heterocycles. The zero-order chi connectivity index (χ0) is 21.6. The molecule has 2 aliphatic heterocycles. The van der Waals surface area contributed by atoms with Crippen LogP contribution in [-0.4, -0.2) is 47.3 Å². The topological polar surface area (TPSA) is 49.8 Å². The minimum Gasteiger partial charge on any atom is -0.461 e. The van der Waals surface area contributed by atoms with E-state index in [1.807, 2.05) is 18.2 Å². The highest BCUT2D eigenvalue weighted by Gasteiger charge is 2.51. The van der Waals surface area contributed by atoms with Gasteiger partial charge in [-0.1, -0.05) is 55.0 Å². The highest BCUT2D eigenvalue weighted by Crippen LogP contribution is 2.52. The molecule has 1 N–H and O–H groups in total. The average Bonchev–Trinajstić information content (AvgIpc) is 3.02. The van der Waals surface area contributed by atoms with Gasteiger partial charge >= 0.3 is 5.97 Å². The number of fused-ring (bicyclic) bond motifs is 2. The number of hydrogen-bond donors (Lipinski definition) is 1. The Morgan fingerprint density at radius 2 is 1.90 bits per heavy atom. The van der Waals surface area contributed by atoms with Crippen LogP contribution in [0.15, 0.2) is 53.6 Å². The lowest BCUT2D eigenvalue weighted by Gasteiger charge is -2.43. The van der Waals surface area contributed by atoms with Crippen LogP contribution in [0.3, 0.4) is 0 Å². The van der Waals surface area contributed by atoms with Gasteiger partial charge in [0, 0.05) is 32.0 Å². The fourth-order valence-electron chi connectivity index (χ4n) is 6.42. The van der Waals surface area contributed by atoms with Crippen molar-refractivity contribution < 1.29 is 14.6 Å². The summed E-state index contributed by atoms with van der Waals surface area (Å²) < 4.78 is 5.91. The van der Waals surface area contributed by atoms with Crippen LogP contribution in [0.2, 0.25) is 0 Å². The first-order valence-corrected chi connectivity index (χ1v) is 11.9. The summed E-state index contributed by atoms with van der Waals surface area (Å²) in [5.41, 5.74) is 3.52. The summed E-state index contributed by atoms with van der Waals surface area (Å²) in [6, 6.07) is 10.2. The summed E-state index contributed by atoms with van der Waals surface area (Å²) in [6.07, 6.45) is 10.2. The average molecular weight is 422 g/mol. The van der Waals surface area contributed by atoms with E-state index < -0.39 is 5.60 Å². The van der Waals surface area contributed by atoms with Crippen LogP contribution >= 0.6 is 0 Å². The third kappa shape index (κ3) is 4.01. The second-order valence-corrected chi connectivity index (χ2v) is 10.6. The van der Waals surface area contributed by atoms with Crippen LogP contribution in [0.1, 0.15) is 51.5 Å². The fourth-order valence-corrected chi connectivity index (χ4v) is 6.42. The molecule has 1 aromatic carbocycles. The highest BCUT2D eigenvalue weighted by atomic mass is 16.6. The van der Waals surface area contributed by atoms with Gasteiger partial charge in [0.25, 0.3) is 0 Å². The van der Waals surface area contributed by atoms with E-state index in [1.165, 1.54) is 16.7 Å². The normalized spacial score (nSPS) is 34.9. The molecule has 0 bridgehead atoms. The van der Waals surface area contributed by atoms with Gasteiger partial charge in [0.1, 0.15) is 6.10 Å². The van der Waals surface area contributed by atoms with Crippen molar-refractivity contribution in [1.82, 2.24) is 4.90 Å². The summed E-state index contributed by atoms with van der Waals surface area (Å²) >= 11 is 0. The Kier molecular flexibility index (Phi) is 5.34. The fraction of sp³-hybridized carbons (Fsp3) is 0.593. The van der Waals surface area contributed by atoms with E-state index in [2.05, 4.69) is 43.0 Å². The van der Waals surface area contributed by atoms with Gasteiger partial charge < -0.3 is 14.7 Å². The third-order valence-electron chi connectivity index (χ3n) is 8.31. The van der Waals surface area contributed by atoms with Crippen molar-refractivity contribution in [3.63, 3.8) is 0 Å². The van der Waals surface area contributed by atoms with Crippen molar-refractivity contribution in [3.8, 4) is 0 Å². The maximum absolute atomic E-state index is 12.8. The van der Waals surface area contributed by atoms with Gasteiger partial charge in [0.2, 0.25) is 0 Å². The van der Waals surface area contributed by atoms with Gasteiger partial charge in [0.15, 0.2) is 0 Å². The van der Waals surface area contributed by atoms with Crippen LogP contribution in [-0.2, 0) is 16.0 Å². The predicted octanol–water partition coefficient (Wildman–Crippen LogP) is 4.29. The van der Waals surface area contributed by atoms with E-state index in [1.54, 1.807) is 0 Å². The summed E-state index contributed by atoms with van der Waals surface area (Å²) in [4.78, 5) is 15.2. The molecule has 2 aliphatic carbocycles. The van der Waals surface area contributed by atoms with E-state index >= 15 is 0 Å². The van der Waals surface area contributed by atoms with Crippen molar-refractivity contribution in [2.24, 2.45) is 17.3 Å². The largest absolute Gasteiger partial charge is 0.461 e. The van der Waals surface area contributed by atoms with Gasteiger partial charge in [-0.05, 0) is 55.6 Å². The Hall–Kier alpha value is -1.91. The van der Waals surface area contributed by atoms with Gasteiger partial charge in [-0.3, -0.25) is 4.79 Å². The van der Waals surface area contributed by atoms with E-state index in [-0.39, 0.29) is 29.3 Å². The van der Waals surface area contributed by atoms with Crippen molar-refractivity contribution >= 4 is 5.97 Å². The van der Waals surface area contributed by atoms with E-state index in [4.69, 9.17) is 4.74 Å². The molecular formula is C27H35NO3. The smallest absolute Gasteiger partial charge is 0.311 e. The Morgan fingerprint density at radius 1 is 1.16 bits per heavy atom. The monoisotopic (exact) mass is 421 g/mol. The zero-order valence-corrected chi connectivity index (χ0v) is 18.8. The molecule has 0 saturated carbocycles. The van der Waals surface area contributed by atoms with Crippen molar-refractivity contribution in [2.45, 2.75) is 64.1 Å². The number of likely N-dealkylation sites (tertiary alicyclic amines) is 1. The van der Waals surface area contributed by atoms with E-state index in [0.29, 0.717) is 6.42 Å².